The predicted molar refractivity (Wildman–Crippen MR) is 80.3 cm³/mol. The zero-order valence-corrected chi connectivity index (χ0v) is 13.2. The number of amides is 2. The maximum absolute atomic E-state index is 12.4. The Bertz CT molecular complexity index is 641. The summed E-state index contributed by atoms with van der Waals surface area (Å²) in [6.45, 7) is 3.29. The molecule has 132 valence electrons. The number of nitrogens with one attached hydrogen (secondary N) is 1. The fourth-order valence-corrected chi connectivity index (χ4v) is 2.26. The molecule has 3 N–H and O–H groups in total. The van der Waals surface area contributed by atoms with Gasteiger partial charge in [0, 0.05) is 18.3 Å². The second kappa shape index (κ2) is 6.31. The summed E-state index contributed by atoms with van der Waals surface area (Å²) in [6.07, 6.45) is -4.47. The number of alkyl halides is 3. The van der Waals surface area contributed by atoms with E-state index in [1.54, 1.807) is 0 Å². The van der Waals surface area contributed by atoms with E-state index in [1.807, 2.05) is 0 Å². The average molecular weight is 345 g/mol. The van der Waals surface area contributed by atoms with Gasteiger partial charge < -0.3 is 20.7 Å². The number of carbonyl (C=O) groups is 2. The summed E-state index contributed by atoms with van der Waals surface area (Å²) in [4.78, 5) is 25.5. The van der Waals surface area contributed by atoms with Crippen LogP contribution < -0.4 is 20.7 Å². The van der Waals surface area contributed by atoms with Gasteiger partial charge in [0.1, 0.15) is 11.8 Å². The molecule has 1 aromatic rings. The fourth-order valence-electron chi connectivity index (χ4n) is 2.26. The molecule has 0 radical (unpaired) electrons. The highest BCUT2D eigenvalue weighted by Crippen LogP contribution is 2.29. The van der Waals surface area contributed by atoms with Gasteiger partial charge in [-0.1, -0.05) is 6.07 Å². The number of carbonyl (C=O) groups excluding carboxylic acids is 2. The summed E-state index contributed by atoms with van der Waals surface area (Å²) in [7, 11) is 0. The highest BCUT2D eigenvalue weighted by molar-refractivity contribution is 6.02. The highest BCUT2D eigenvalue weighted by Gasteiger charge is 2.36. The molecule has 9 heteroatoms. The molecule has 24 heavy (non-hydrogen) atoms. The van der Waals surface area contributed by atoms with Gasteiger partial charge in [0.2, 0.25) is 11.8 Å². The lowest BCUT2D eigenvalue weighted by molar-refractivity contribution is -0.274. The maximum Gasteiger partial charge on any atom is 0.573 e. The summed E-state index contributed by atoms with van der Waals surface area (Å²) in [6, 6.07) is 4.38. The molecular formula is C15H18F3N3O3. The van der Waals surface area contributed by atoms with Crippen LogP contribution in [0.1, 0.15) is 20.3 Å². The first-order valence-corrected chi connectivity index (χ1v) is 7.24. The summed E-state index contributed by atoms with van der Waals surface area (Å²) in [5.41, 5.74) is 4.81. The standard InChI is InChI=1S/C15H18F3N3O3/c1-14(2,19)13(23)20-11-6-7-21(12(11)22)9-4-3-5-10(8-9)24-15(16,17)18/h3-5,8,11H,6-7,19H2,1-2H3,(H,20,23). The van der Waals surface area contributed by atoms with Gasteiger partial charge >= 0.3 is 6.36 Å². The second-order valence-electron chi connectivity index (χ2n) is 6.07. The third kappa shape index (κ3) is 4.38. The molecule has 2 amide bonds. The van der Waals surface area contributed by atoms with E-state index in [0.29, 0.717) is 6.42 Å². The minimum atomic E-state index is -4.81. The Labute approximate surface area is 136 Å². The van der Waals surface area contributed by atoms with E-state index in [9.17, 15) is 22.8 Å². The third-order valence-corrected chi connectivity index (χ3v) is 3.46. The van der Waals surface area contributed by atoms with Crippen LogP contribution in [-0.4, -0.2) is 36.3 Å². The van der Waals surface area contributed by atoms with E-state index in [4.69, 9.17) is 5.73 Å². The van der Waals surface area contributed by atoms with E-state index < -0.39 is 35.5 Å². The fraction of sp³-hybridized carbons (Fsp3) is 0.467. The number of halogens is 3. The third-order valence-electron chi connectivity index (χ3n) is 3.46. The topological polar surface area (TPSA) is 84.7 Å². The molecule has 1 atom stereocenters. The van der Waals surface area contributed by atoms with Crippen molar-refractivity contribution in [2.45, 2.75) is 38.2 Å². The monoisotopic (exact) mass is 345 g/mol. The Morgan fingerprint density at radius 1 is 1.38 bits per heavy atom. The first-order chi connectivity index (χ1) is 11.0. The number of hydrogen-bond donors (Lipinski definition) is 2. The number of rotatable bonds is 4. The quantitative estimate of drug-likeness (QED) is 0.867. The number of benzene rings is 1. The SMILES string of the molecule is CC(C)(N)C(=O)NC1CCN(c2cccc(OC(F)(F)F)c2)C1=O. The van der Waals surface area contributed by atoms with Gasteiger partial charge in [-0.3, -0.25) is 9.59 Å². The molecule has 0 aromatic heterocycles. The van der Waals surface area contributed by atoms with Gasteiger partial charge in [0.15, 0.2) is 0 Å². The van der Waals surface area contributed by atoms with Gasteiger partial charge in [-0.25, -0.2) is 0 Å². The Hall–Kier alpha value is -2.29. The van der Waals surface area contributed by atoms with Crippen molar-refractivity contribution >= 4 is 17.5 Å². The molecule has 0 spiro atoms. The van der Waals surface area contributed by atoms with Crippen LogP contribution in [0.4, 0.5) is 18.9 Å². The molecule has 1 unspecified atom stereocenters. The first kappa shape index (κ1) is 18.1. The van der Waals surface area contributed by atoms with Crippen LogP contribution in [0.25, 0.3) is 0 Å². The van der Waals surface area contributed by atoms with Crippen LogP contribution in [0.5, 0.6) is 5.75 Å². The molecule has 1 fully saturated rings. The number of hydrogen-bond acceptors (Lipinski definition) is 4. The van der Waals surface area contributed by atoms with Crippen LogP contribution in [0, 0.1) is 0 Å². The van der Waals surface area contributed by atoms with Crippen molar-refractivity contribution in [2.75, 3.05) is 11.4 Å². The van der Waals surface area contributed by atoms with Gasteiger partial charge in [0.25, 0.3) is 0 Å². The highest BCUT2D eigenvalue weighted by atomic mass is 19.4. The molecule has 0 bridgehead atoms. The molecule has 2 rings (SSSR count). The summed E-state index contributed by atoms with van der Waals surface area (Å²) in [5, 5.41) is 2.55. The lowest BCUT2D eigenvalue weighted by atomic mass is 10.1. The van der Waals surface area contributed by atoms with Crippen molar-refractivity contribution in [1.82, 2.24) is 5.32 Å². The second-order valence-corrected chi connectivity index (χ2v) is 6.07. The van der Waals surface area contributed by atoms with Gasteiger partial charge in [0.05, 0.1) is 5.54 Å². The Morgan fingerprint density at radius 2 is 2.04 bits per heavy atom. The van der Waals surface area contributed by atoms with Crippen molar-refractivity contribution in [3.63, 3.8) is 0 Å². The van der Waals surface area contributed by atoms with Crippen molar-refractivity contribution in [2.24, 2.45) is 5.73 Å². The normalized spacial score (nSPS) is 18.7. The Balaban J connectivity index is 2.10. The van der Waals surface area contributed by atoms with Crippen molar-refractivity contribution in [1.29, 1.82) is 0 Å². The lowest BCUT2D eigenvalue weighted by Crippen LogP contribution is -2.53. The maximum atomic E-state index is 12.4. The van der Waals surface area contributed by atoms with Crippen molar-refractivity contribution < 1.29 is 27.5 Å². The van der Waals surface area contributed by atoms with Crippen LogP contribution in [-0.2, 0) is 9.59 Å². The zero-order valence-electron chi connectivity index (χ0n) is 13.2. The molecule has 0 saturated carbocycles. The first-order valence-electron chi connectivity index (χ1n) is 7.24. The average Bonchev–Trinajstić information content (AvgIpc) is 2.77. The molecule has 1 aromatic carbocycles. The van der Waals surface area contributed by atoms with E-state index in [-0.39, 0.29) is 12.2 Å². The van der Waals surface area contributed by atoms with E-state index in [2.05, 4.69) is 10.1 Å². The van der Waals surface area contributed by atoms with Crippen LogP contribution >= 0.6 is 0 Å². The van der Waals surface area contributed by atoms with Crippen LogP contribution in [0.3, 0.4) is 0 Å². The van der Waals surface area contributed by atoms with Gasteiger partial charge in [-0.2, -0.15) is 0 Å². The molecule has 1 aliphatic rings. The molecule has 1 saturated heterocycles. The Kier molecular flexibility index (Phi) is 4.75. The van der Waals surface area contributed by atoms with Gasteiger partial charge in [-0.15, -0.1) is 13.2 Å². The number of anilines is 1. The lowest BCUT2D eigenvalue weighted by Gasteiger charge is -2.22. The predicted octanol–water partition coefficient (Wildman–Crippen LogP) is 1.54. The minimum absolute atomic E-state index is 0.268. The smallest absolute Gasteiger partial charge is 0.406 e. The molecule has 0 aliphatic carbocycles. The minimum Gasteiger partial charge on any atom is -0.406 e. The summed E-state index contributed by atoms with van der Waals surface area (Å²) >= 11 is 0. The number of ether oxygens (including phenoxy) is 1. The van der Waals surface area contributed by atoms with Gasteiger partial charge in [-0.05, 0) is 32.4 Å². The number of nitrogens with zero attached hydrogens (tertiary/aromatic N) is 1. The number of nitrogens with two attached hydrogens (primary N) is 1. The van der Waals surface area contributed by atoms with Crippen molar-refractivity contribution in [3.8, 4) is 5.75 Å². The van der Waals surface area contributed by atoms with E-state index >= 15 is 0 Å². The summed E-state index contributed by atoms with van der Waals surface area (Å²) in [5.74, 6) is -1.29. The van der Waals surface area contributed by atoms with Crippen LogP contribution in [0.15, 0.2) is 24.3 Å². The summed E-state index contributed by atoms with van der Waals surface area (Å²) < 4.78 is 40.7. The van der Waals surface area contributed by atoms with E-state index in [1.165, 1.54) is 30.9 Å². The molecule has 1 heterocycles. The Morgan fingerprint density at radius 3 is 2.62 bits per heavy atom. The molecular weight excluding hydrogens is 327 g/mol. The van der Waals surface area contributed by atoms with Crippen LogP contribution in [0.2, 0.25) is 0 Å². The van der Waals surface area contributed by atoms with E-state index in [0.717, 1.165) is 12.1 Å². The zero-order chi connectivity index (χ0) is 18.1. The largest absolute Gasteiger partial charge is 0.573 e. The van der Waals surface area contributed by atoms with Crippen molar-refractivity contribution in [3.05, 3.63) is 24.3 Å². The molecule has 1 aliphatic heterocycles. The molecule has 6 nitrogen and oxygen atoms in total.